The lowest BCUT2D eigenvalue weighted by Crippen LogP contribution is -2.43. The predicted molar refractivity (Wildman–Crippen MR) is 67.2 cm³/mol. The van der Waals surface area contributed by atoms with E-state index in [1.165, 1.54) is 0 Å². The standard InChI is InChI=1S/C12H17ClN2O/c1-15-6-7-16-10(9-15)8-14-12-5-3-2-4-11(12)13/h2-5,10,14H,6-9H2,1H3. The minimum atomic E-state index is 0.245. The van der Waals surface area contributed by atoms with Crippen molar-refractivity contribution >= 4 is 17.3 Å². The lowest BCUT2D eigenvalue weighted by atomic mass is 10.2. The van der Waals surface area contributed by atoms with E-state index < -0.39 is 0 Å². The molecule has 0 bridgehead atoms. The Bertz CT molecular complexity index is 346. The molecule has 1 aliphatic rings. The van der Waals surface area contributed by atoms with Crippen LogP contribution >= 0.6 is 11.6 Å². The van der Waals surface area contributed by atoms with Crippen LogP contribution in [0.25, 0.3) is 0 Å². The van der Waals surface area contributed by atoms with Crippen LogP contribution in [0.1, 0.15) is 0 Å². The van der Waals surface area contributed by atoms with E-state index in [0.717, 1.165) is 37.0 Å². The van der Waals surface area contributed by atoms with E-state index in [1.54, 1.807) is 0 Å². The van der Waals surface area contributed by atoms with Crippen molar-refractivity contribution in [2.24, 2.45) is 0 Å². The van der Waals surface area contributed by atoms with Crippen LogP contribution in [0.4, 0.5) is 5.69 Å². The number of halogens is 1. The molecular formula is C12H17ClN2O. The average molecular weight is 241 g/mol. The summed E-state index contributed by atoms with van der Waals surface area (Å²) in [5, 5.41) is 4.08. The number of hydrogen-bond donors (Lipinski definition) is 1. The zero-order chi connectivity index (χ0) is 11.4. The van der Waals surface area contributed by atoms with Crippen molar-refractivity contribution in [1.82, 2.24) is 4.90 Å². The van der Waals surface area contributed by atoms with Crippen molar-refractivity contribution in [2.45, 2.75) is 6.10 Å². The Morgan fingerprint density at radius 1 is 1.50 bits per heavy atom. The van der Waals surface area contributed by atoms with Crippen LogP contribution < -0.4 is 5.32 Å². The second-order valence-electron chi connectivity index (χ2n) is 4.12. The summed E-state index contributed by atoms with van der Waals surface area (Å²) in [6.45, 7) is 3.60. The zero-order valence-corrected chi connectivity index (χ0v) is 10.2. The third-order valence-corrected chi connectivity index (χ3v) is 3.07. The number of para-hydroxylation sites is 1. The highest BCUT2D eigenvalue weighted by Gasteiger charge is 2.17. The first kappa shape index (κ1) is 11.7. The van der Waals surface area contributed by atoms with Gasteiger partial charge in [0.15, 0.2) is 0 Å². The molecule has 16 heavy (non-hydrogen) atoms. The van der Waals surface area contributed by atoms with Crippen molar-refractivity contribution in [3.05, 3.63) is 29.3 Å². The number of hydrogen-bond acceptors (Lipinski definition) is 3. The van der Waals surface area contributed by atoms with Crippen LogP contribution in [0.15, 0.2) is 24.3 Å². The summed E-state index contributed by atoms with van der Waals surface area (Å²) in [5.41, 5.74) is 0.973. The molecule has 1 atom stereocenters. The third kappa shape index (κ3) is 3.11. The first-order valence-electron chi connectivity index (χ1n) is 5.54. The molecule has 0 saturated carbocycles. The molecule has 1 aromatic rings. The second kappa shape index (κ2) is 5.53. The van der Waals surface area contributed by atoms with Crippen LogP contribution in [0.2, 0.25) is 5.02 Å². The Hall–Kier alpha value is -0.770. The number of likely N-dealkylation sites (N-methyl/N-ethyl adjacent to an activating group) is 1. The molecule has 0 aromatic heterocycles. The Kier molecular flexibility index (Phi) is 4.04. The summed E-state index contributed by atoms with van der Waals surface area (Å²) in [5.74, 6) is 0. The van der Waals surface area contributed by atoms with Gasteiger partial charge in [0.1, 0.15) is 0 Å². The number of morpholine rings is 1. The summed E-state index contributed by atoms with van der Waals surface area (Å²) in [4.78, 5) is 2.28. The monoisotopic (exact) mass is 240 g/mol. The Balaban J connectivity index is 1.85. The number of rotatable bonds is 3. The first-order chi connectivity index (χ1) is 7.75. The normalized spacial score (nSPS) is 22.0. The SMILES string of the molecule is CN1CCOC(CNc2ccccc2Cl)C1. The summed E-state index contributed by atoms with van der Waals surface area (Å²) in [6, 6.07) is 7.77. The molecular weight excluding hydrogens is 224 g/mol. The van der Waals surface area contributed by atoms with Crippen molar-refractivity contribution in [3.63, 3.8) is 0 Å². The second-order valence-corrected chi connectivity index (χ2v) is 4.52. The lowest BCUT2D eigenvalue weighted by Gasteiger charge is -2.30. The van der Waals surface area contributed by atoms with E-state index in [0.29, 0.717) is 0 Å². The van der Waals surface area contributed by atoms with Crippen LogP contribution in [0.3, 0.4) is 0 Å². The van der Waals surface area contributed by atoms with Gasteiger partial charge in [-0.2, -0.15) is 0 Å². The Morgan fingerprint density at radius 3 is 3.06 bits per heavy atom. The summed E-state index contributed by atoms with van der Waals surface area (Å²) in [6.07, 6.45) is 0.245. The first-order valence-corrected chi connectivity index (χ1v) is 5.92. The van der Waals surface area contributed by atoms with E-state index >= 15 is 0 Å². The van der Waals surface area contributed by atoms with Gasteiger partial charge in [0, 0.05) is 19.6 Å². The number of anilines is 1. The van der Waals surface area contributed by atoms with Crippen molar-refractivity contribution in [1.29, 1.82) is 0 Å². The van der Waals surface area contributed by atoms with E-state index in [-0.39, 0.29) is 6.10 Å². The topological polar surface area (TPSA) is 24.5 Å². The molecule has 3 nitrogen and oxygen atoms in total. The smallest absolute Gasteiger partial charge is 0.0874 e. The zero-order valence-electron chi connectivity index (χ0n) is 9.45. The van der Waals surface area contributed by atoms with Gasteiger partial charge in [-0.25, -0.2) is 0 Å². The molecule has 1 N–H and O–H groups in total. The molecule has 1 saturated heterocycles. The van der Waals surface area contributed by atoms with Crippen molar-refractivity contribution < 1.29 is 4.74 Å². The molecule has 0 radical (unpaired) electrons. The maximum atomic E-state index is 6.06. The molecule has 1 aliphatic heterocycles. The Labute approximate surface area is 101 Å². The summed E-state index contributed by atoms with van der Waals surface area (Å²) in [7, 11) is 2.12. The fourth-order valence-corrected chi connectivity index (χ4v) is 2.02. The molecule has 1 heterocycles. The molecule has 0 spiro atoms. The van der Waals surface area contributed by atoms with Gasteiger partial charge in [-0.15, -0.1) is 0 Å². The molecule has 1 unspecified atom stereocenters. The quantitative estimate of drug-likeness (QED) is 0.876. The molecule has 1 aromatic carbocycles. The fraction of sp³-hybridized carbons (Fsp3) is 0.500. The van der Waals surface area contributed by atoms with Crippen molar-refractivity contribution in [3.8, 4) is 0 Å². The molecule has 4 heteroatoms. The van der Waals surface area contributed by atoms with E-state index in [4.69, 9.17) is 16.3 Å². The van der Waals surface area contributed by atoms with Gasteiger partial charge in [0.25, 0.3) is 0 Å². The van der Waals surface area contributed by atoms with Crippen LogP contribution in [0.5, 0.6) is 0 Å². The molecule has 0 aliphatic carbocycles. The maximum Gasteiger partial charge on any atom is 0.0874 e. The van der Waals surface area contributed by atoms with Gasteiger partial charge in [0.05, 0.1) is 23.4 Å². The minimum Gasteiger partial charge on any atom is -0.381 e. The number of ether oxygens (including phenoxy) is 1. The van der Waals surface area contributed by atoms with Gasteiger partial charge in [-0.1, -0.05) is 23.7 Å². The van der Waals surface area contributed by atoms with E-state index in [1.807, 2.05) is 24.3 Å². The number of nitrogens with zero attached hydrogens (tertiary/aromatic N) is 1. The molecule has 0 amide bonds. The van der Waals surface area contributed by atoms with Crippen LogP contribution in [-0.4, -0.2) is 44.3 Å². The number of benzene rings is 1. The molecule has 88 valence electrons. The van der Waals surface area contributed by atoms with Crippen LogP contribution in [-0.2, 0) is 4.74 Å². The average Bonchev–Trinajstić information content (AvgIpc) is 2.28. The van der Waals surface area contributed by atoms with E-state index in [9.17, 15) is 0 Å². The Morgan fingerprint density at radius 2 is 2.31 bits per heavy atom. The van der Waals surface area contributed by atoms with Crippen LogP contribution in [0, 0.1) is 0 Å². The highest BCUT2D eigenvalue weighted by Crippen LogP contribution is 2.20. The van der Waals surface area contributed by atoms with Gasteiger partial charge < -0.3 is 15.0 Å². The molecule has 2 rings (SSSR count). The predicted octanol–water partition coefficient (Wildman–Crippen LogP) is 2.08. The van der Waals surface area contributed by atoms with Gasteiger partial charge >= 0.3 is 0 Å². The summed E-state index contributed by atoms with van der Waals surface area (Å²) < 4.78 is 5.66. The lowest BCUT2D eigenvalue weighted by molar-refractivity contribution is -0.0117. The van der Waals surface area contributed by atoms with Gasteiger partial charge in [-0.05, 0) is 19.2 Å². The van der Waals surface area contributed by atoms with E-state index in [2.05, 4.69) is 17.3 Å². The molecule has 1 fully saturated rings. The van der Waals surface area contributed by atoms with Gasteiger partial charge in [0.2, 0.25) is 0 Å². The minimum absolute atomic E-state index is 0.245. The highest BCUT2D eigenvalue weighted by atomic mass is 35.5. The third-order valence-electron chi connectivity index (χ3n) is 2.74. The highest BCUT2D eigenvalue weighted by molar-refractivity contribution is 6.33. The summed E-state index contributed by atoms with van der Waals surface area (Å²) >= 11 is 6.06. The maximum absolute atomic E-state index is 6.06. The fourth-order valence-electron chi connectivity index (χ4n) is 1.82. The van der Waals surface area contributed by atoms with Gasteiger partial charge in [-0.3, -0.25) is 0 Å². The number of nitrogens with one attached hydrogen (secondary N) is 1. The largest absolute Gasteiger partial charge is 0.381 e. The van der Waals surface area contributed by atoms with Crippen molar-refractivity contribution in [2.75, 3.05) is 38.6 Å².